The predicted molar refractivity (Wildman–Crippen MR) is 118 cm³/mol. The highest BCUT2D eigenvalue weighted by molar-refractivity contribution is 5.89. The number of nitrogens with zero attached hydrogens (tertiary/aromatic N) is 3. The number of benzene rings is 2. The fraction of sp³-hybridized carbons (Fsp3) is 0.375. The molecule has 2 bridgehead atoms. The van der Waals surface area contributed by atoms with Gasteiger partial charge in [-0.1, -0.05) is 0 Å². The zero-order valence-electron chi connectivity index (χ0n) is 17.7. The number of ether oxygens (including phenoxy) is 1. The van der Waals surface area contributed by atoms with Gasteiger partial charge in [-0.05, 0) is 54.5 Å². The first-order valence-corrected chi connectivity index (χ1v) is 10.6. The molecule has 1 heterocycles. The van der Waals surface area contributed by atoms with Gasteiger partial charge < -0.3 is 10.5 Å². The highest BCUT2D eigenvalue weighted by atomic mass is 19.1. The van der Waals surface area contributed by atoms with Crippen molar-refractivity contribution in [2.24, 2.45) is 20.9 Å². The Bertz CT molecular complexity index is 1110. The van der Waals surface area contributed by atoms with Gasteiger partial charge in [0.1, 0.15) is 17.4 Å². The van der Waals surface area contributed by atoms with Gasteiger partial charge >= 0.3 is 0 Å². The van der Waals surface area contributed by atoms with Crippen LogP contribution < -0.4 is 10.5 Å². The summed E-state index contributed by atoms with van der Waals surface area (Å²) >= 11 is 0. The number of carbonyl (C=O) groups is 1. The standard InChI is InChI=1S/C24H24F2N4O2/c1-32-19-3-2-15(20(27)9-19)10-28-14-23-11-24(12-23,13-23)22(31)30-21(4-5-29-30)16-6-17(25)8-18(26)7-16/h2-3,5-10,21H,4,11-14,27H2,1H3. The van der Waals surface area contributed by atoms with Gasteiger partial charge in [0.15, 0.2) is 0 Å². The van der Waals surface area contributed by atoms with Gasteiger partial charge in [-0.3, -0.25) is 9.79 Å². The summed E-state index contributed by atoms with van der Waals surface area (Å²) in [5, 5.41) is 5.65. The van der Waals surface area contributed by atoms with Gasteiger partial charge in [-0.25, -0.2) is 13.8 Å². The number of rotatable bonds is 6. The van der Waals surface area contributed by atoms with E-state index in [9.17, 15) is 13.6 Å². The summed E-state index contributed by atoms with van der Waals surface area (Å²) in [5.41, 5.74) is 7.50. The smallest absolute Gasteiger partial charge is 0.249 e. The van der Waals surface area contributed by atoms with Crippen molar-refractivity contribution in [2.45, 2.75) is 31.7 Å². The number of amides is 1. The minimum absolute atomic E-state index is 0.0390. The van der Waals surface area contributed by atoms with Crippen LogP contribution in [0, 0.1) is 22.5 Å². The second-order valence-electron chi connectivity index (χ2n) is 9.18. The summed E-state index contributed by atoms with van der Waals surface area (Å²) in [5.74, 6) is -0.673. The molecule has 2 aromatic rings. The van der Waals surface area contributed by atoms with E-state index < -0.39 is 23.1 Å². The van der Waals surface area contributed by atoms with E-state index >= 15 is 0 Å². The van der Waals surface area contributed by atoms with Gasteiger partial charge in [-0.15, -0.1) is 0 Å². The van der Waals surface area contributed by atoms with E-state index in [1.54, 1.807) is 25.6 Å². The largest absolute Gasteiger partial charge is 0.497 e. The Morgan fingerprint density at radius 1 is 1.25 bits per heavy atom. The molecule has 6 nitrogen and oxygen atoms in total. The van der Waals surface area contributed by atoms with Crippen LogP contribution in [0.1, 0.15) is 42.9 Å². The number of halogens is 2. The highest BCUT2D eigenvalue weighted by Gasteiger charge is 2.72. The summed E-state index contributed by atoms with van der Waals surface area (Å²) in [6.07, 6.45) is 6.11. The van der Waals surface area contributed by atoms with Crippen molar-refractivity contribution in [3.05, 3.63) is 59.2 Å². The van der Waals surface area contributed by atoms with Crippen molar-refractivity contribution in [3.63, 3.8) is 0 Å². The Balaban J connectivity index is 1.21. The first-order chi connectivity index (χ1) is 15.3. The lowest BCUT2D eigenvalue weighted by atomic mass is 9.35. The van der Waals surface area contributed by atoms with Gasteiger partial charge in [-0.2, -0.15) is 5.10 Å². The maximum Gasteiger partial charge on any atom is 0.249 e. The number of nitrogens with two attached hydrogens (primary N) is 1. The number of hydrazone groups is 1. The van der Waals surface area contributed by atoms with Crippen LogP contribution in [0.25, 0.3) is 0 Å². The fourth-order valence-electron chi connectivity index (χ4n) is 5.42. The van der Waals surface area contributed by atoms with E-state index in [0.717, 1.165) is 30.9 Å². The van der Waals surface area contributed by atoms with E-state index in [0.29, 0.717) is 30.0 Å². The second-order valence-corrected chi connectivity index (χ2v) is 9.18. The third-order valence-corrected chi connectivity index (χ3v) is 6.85. The molecule has 1 amide bonds. The molecule has 2 N–H and O–H groups in total. The third kappa shape index (κ3) is 3.34. The highest BCUT2D eigenvalue weighted by Crippen LogP contribution is 2.74. The zero-order chi connectivity index (χ0) is 22.5. The zero-order valence-corrected chi connectivity index (χ0v) is 17.7. The molecule has 32 heavy (non-hydrogen) atoms. The van der Waals surface area contributed by atoms with Crippen LogP contribution in [0.3, 0.4) is 0 Å². The summed E-state index contributed by atoms with van der Waals surface area (Å²) in [4.78, 5) is 17.8. The monoisotopic (exact) mass is 438 g/mol. The second kappa shape index (κ2) is 7.39. The van der Waals surface area contributed by atoms with Crippen LogP contribution in [0.2, 0.25) is 0 Å². The van der Waals surface area contributed by atoms with Crippen LogP contribution in [-0.4, -0.2) is 37.0 Å². The third-order valence-electron chi connectivity index (χ3n) is 6.85. The van der Waals surface area contributed by atoms with E-state index in [4.69, 9.17) is 10.5 Å². The Morgan fingerprint density at radius 3 is 2.62 bits per heavy atom. The van der Waals surface area contributed by atoms with Crippen LogP contribution in [0.4, 0.5) is 14.5 Å². The SMILES string of the molecule is COc1ccc(C=NCC23CC(C(=O)N4N=CCC4c4cc(F)cc(F)c4)(C2)C3)c(N)c1. The molecular weight excluding hydrogens is 414 g/mol. The number of nitrogen functional groups attached to an aromatic ring is 1. The van der Waals surface area contributed by atoms with E-state index in [1.165, 1.54) is 17.1 Å². The molecule has 0 saturated heterocycles. The quantitative estimate of drug-likeness (QED) is 0.545. The van der Waals surface area contributed by atoms with Crippen molar-refractivity contribution in [1.29, 1.82) is 0 Å². The lowest BCUT2D eigenvalue weighted by Gasteiger charge is -2.69. The van der Waals surface area contributed by atoms with Gasteiger partial charge in [0.2, 0.25) is 5.91 Å². The van der Waals surface area contributed by atoms with Crippen LogP contribution >= 0.6 is 0 Å². The minimum atomic E-state index is -0.654. The molecule has 1 unspecified atom stereocenters. The molecule has 166 valence electrons. The number of carbonyl (C=O) groups excluding carboxylic acids is 1. The molecule has 3 aliphatic carbocycles. The normalized spacial score (nSPS) is 28.0. The van der Waals surface area contributed by atoms with Crippen molar-refractivity contribution < 1.29 is 18.3 Å². The van der Waals surface area contributed by atoms with Gasteiger partial charge in [0.25, 0.3) is 0 Å². The molecule has 0 radical (unpaired) electrons. The molecule has 1 atom stereocenters. The van der Waals surface area contributed by atoms with Crippen LogP contribution in [-0.2, 0) is 4.79 Å². The average molecular weight is 438 g/mol. The van der Waals surface area contributed by atoms with Gasteiger partial charge in [0, 0.05) is 48.8 Å². The number of hydrogen-bond acceptors (Lipinski definition) is 5. The molecule has 0 aromatic heterocycles. The molecular formula is C24H24F2N4O2. The van der Waals surface area contributed by atoms with Crippen molar-refractivity contribution in [1.82, 2.24) is 5.01 Å². The van der Waals surface area contributed by atoms with Gasteiger partial charge in [0.05, 0.1) is 18.6 Å². The Kier molecular flexibility index (Phi) is 4.76. The van der Waals surface area contributed by atoms with E-state index in [2.05, 4.69) is 10.1 Å². The maximum absolute atomic E-state index is 13.7. The average Bonchev–Trinajstić information content (AvgIpc) is 3.18. The summed E-state index contributed by atoms with van der Waals surface area (Å²) in [6, 6.07) is 8.37. The first-order valence-electron chi connectivity index (χ1n) is 10.6. The molecule has 6 rings (SSSR count). The van der Waals surface area contributed by atoms with E-state index in [1.807, 2.05) is 12.1 Å². The number of aliphatic imine (C=N–C) groups is 1. The number of anilines is 1. The molecule has 0 spiro atoms. The number of methoxy groups -OCH3 is 1. The summed E-state index contributed by atoms with van der Waals surface area (Å²) in [7, 11) is 1.59. The van der Waals surface area contributed by atoms with Crippen molar-refractivity contribution in [3.8, 4) is 5.75 Å². The Morgan fingerprint density at radius 2 is 1.97 bits per heavy atom. The topological polar surface area (TPSA) is 80.3 Å². The predicted octanol–water partition coefficient (Wildman–Crippen LogP) is 4.10. The van der Waals surface area contributed by atoms with Crippen molar-refractivity contribution >= 4 is 24.0 Å². The van der Waals surface area contributed by atoms with Crippen LogP contribution in [0.15, 0.2) is 46.5 Å². The Labute approximate surface area is 184 Å². The minimum Gasteiger partial charge on any atom is -0.497 e. The van der Waals surface area contributed by atoms with Crippen LogP contribution in [0.5, 0.6) is 5.75 Å². The molecule has 1 aliphatic heterocycles. The molecule has 2 aromatic carbocycles. The Hall–Kier alpha value is -3.29. The van der Waals surface area contributed by atoms with Crippen molar-refractivity contribution in [2.75, 3.05) is 19.4 Å². The summed E-state index contributed by atoms with van der Waals surface area (Å²) < 4.78 is 32.5. The molecule has 4 aliphatic rings. The fourth-order valence-corrected chi connectivity index (χ4v) is 5.42. The molecule has 8 heteroatoms. The number of hydrogen-bond donors (Lipinski definition) is 1. The lowest BCUT2D eigenvalue weighted by Crippen LogP contribution is -2.68. The molecule has 3 fully saturated rings. The summed E-state index contributed by atoms with van der Waals surface area (Å²) in [6.45, 7) is 0.634. The maximum atomic E-state index is 13.7. The lowest BCUT2D eigenvalue weighted by molar-refractivity contribution is -0.213. The first kappa shape index (κ1) is 20.6. The molecule has 3 saturated carbocycles. The van der Waals surface area contributed by atoms with E-state index in [-0.39, 0.29) is 11.3 Å².